The summed E-state index contributed by atoms with van der Waals surface area (Å²) in [7, 11) is 0. The summed E-state index contributed by atoms with van der Waals surface area (Å²) in [5.41, 5.74) is 4.21. The zero-order valence-electron chi connectivity index (χ0n) is 16.1. The molecule has 0 saturated heterocycles. The predicted molar refractivity (Wildman–Crippen MR) is 102 cm³/mol. The van der Waals surface area contributed by atoms with E-state index in [0.717, 1.165) is 35.5 Å². The molecule has 4 nitrogen and oxygen atoms in total. The minimum Gasteiger partial charge on any atom is -0.483 e. The van der Waals surface area contributed by atoms with Gasteiger partial charge in [0.05, 0.1) is 5.69 Å². The lowest BCUT2D eigenvalue weighted by Gasteiger charge is -2.13. The summed E-state index contributed by atoms with van der Waals surface area (Å²) < 4.78 is 7.32. The van der Waals surface area contributed by atoms with Crippen LogP contribution in [0.5, 0.6) is 5.75 Å². The van der Waals surface area contributed by atoms with Gasteiger partial charge in [0.2, 0.25) is 0 Å². The van der Waals surface area contributed by atoms with Gasteiger partial charge in [-0.3, -0.25) is 4.79 Å². The molecule has 0 fully saturated rings. The minimum atomic E-state index is -0.124. The van der Waals surface area contributed by atoms with Crippen LogP contribution in [-0.2, 0) is 6.42 Å². The van der Waals surface area contributed by atoms with Crippen LogP contribution in [-0.4, -0.2) is 22.3 Å². The Hall–Kier alpha value is -2.10. The Balaban J connectivity index is 2.08. The molecule has 0 aliphatic rings. The largest absolute Gasteiger partial charge is 0.483 e. The molecule has 2 aromatic rings. The topological polar surface area (TPSA) is 44.1 Å². The van der Waals surface area contributed by atoms with E-state index in [9.17, 15) is 4.79 Å². The number of carbonyl (C=O) groups is 1. The lowest BCUT2D eigenvalue weighted by Crippen LogP contribution is -2.22. The molecule has 0 saturated carbocycles. The molecule has 0 aliphatic heterocycles. The Morgan fingerprint density at radius 3 is 2.60 bits per heavy atom. The molecule has 0 bridgehead atoms. The number of benzene rings is 1. The molecular formula is C21H30N2O2. The molecule has 2 rings (SSSR count). The molecule has 0 N–H and O–H groups in total. The summed E-state index contributed by atoms with van der Waals surface area (Å²) in [6.45, 7) is 10.4. The third kappa shape index (κ3) is 4.71. The van der Waals surface area contributed by atoms with Crippen molar-refractivity contribution in [3.63, 3.8) is 0 Å². The third-order valence-electron chi connectivity index (χ3n) is 4.60. The number of carbonyl (C=O) groups excluding carboxylic acids is 1. The Morgan fingerprint density at radius 2 is 1.92 bits per heavy atom. The summed E-state index contributed by atoms with van der Waals surface area (Å²) in [5.74, 6) is 1.00. The normalized spacial score (nSPS) is 11.1. The van der Waals surface area contributed by atoms with Crippen molar-refractivity contribution in [2.75, 3.05) is 6.61 Å². The van der Waals surface area contributed by atoms with E-state index in [1.165, 1.54) is 23.1 Å². The van der Waals surface area contributed by atoms with E-state index in [1.807, 2.05) is 38.1 Å². The zero-order chi connectivity index (χ0) is 18.4. The maximum Gasteiger partial charge on any atom is 0.284 e. The SMILES string of the molecule is CCCCCc1c(C)nn(C(=O)COc2ccccc2C(C)C)c1C. The molecule has 1 heterocycles. The van der Waals surface area contributed by atoms with Gasteiger partial charge in [0.25, 0.3) is 5.91 Å². The first-order chi connectivity index (χ1) is 12.0. The monoisotopic (exact) mass is 342 g/mol. The van der Waals surface area contributed by atoms with Crippen LogP contribution in [0.25, 0.3) is 0 Å². The second kappa shape index (κ2) is 8.84. The van der Waals surface area contributed by atoms with E-state index >= 15 is 0 Å². The molecule has 0 atom stereocenters. The first kappa shape index (κ1) is 19.2. The van der Waals surface area contributed by atoms with Gasteiger partial charge in [0.15, 0.2) is 6.61 Å². The molecule has 0 spiro atoms. The third-order valence-corrected chi connectivity index (χ3v) is 4.60. The number of nitrogens with zero attached hydrogens (tertiary/aromatic N) is 2. The van der Waals surface area contributed by atoms with Crippen molar-refractivity contribution in [1.82, 2.24) is 9.78 Å². The van der Waals surface area contributed by atoms with E-state index < -0.39 is 0 Å². The van der Waals surface area contributed by atoms with Gasteiger partial charge in [-0.05, 0) is 49.8 Å². The van der Waals surface area contributed by atoms with Crippen LogP contribution in [0, 0.1) is 13.8 Å². The highest BCUT2D eigenvalue weighted by Crippen LogP contribution is 2.26. The second-order valence-electron chi connectivity index (χ2n) is 6.89. The van der Waals surface area contributed by atoms with Gasteiger partial charge in [0.1, 0.15) is 5.75 Å². The van der Waals surface area contributed by atoms with Gasteiger partial charge >= 0.3 is 0 Å². The zero-order valence-corrected chi connectivity index (χ0v) is 16.1. The smallest absolute Gasteiger partial charge is 0.284 e. The van der Waals surface area contributed by atoms with Crippen LogP contribution in [0.1, 0.15) is 73.3 Å². The highest BCUT2D eigenvalue weighted by atomic mass is 16.5. The van der Waals surface area contributed by atoms with Gasteiger partial charge < -0.3 is 4.74 Å². The molecule has 0 radical (unpaired) electrons. The van der Waals surface area contributed by atoms with E-state index in [0.29, 0.717) is 5.92 Å². The van der Waals surface area contributed by atoms with Crippen molar-refractivity contribution in [2.24, 2.45) is 0 Å². The van der Waals surface area contributed by atoms with Crippen molar-refractivity contribution in [2.45, 2.75) is 66.2 Å². The number of rotatable bonds is 8. The lowest BCUT2D eigenvalue weighted by molar-refractivity contribution is 0.0817. The van der Waals surface area contributed by atoms with E-state index in [4.69, 9.17) is 4.74 Å². The highest BCUT2D eigenvalue weighted by molar-refractivity contribution is 5.80. The average molecular weight is 342 g/mol. The number of unbranched alkanes of at least 4 members (excludes halogenated alkanes) is 2. The molecular weight excluding hydrogens is 312 g/mol. The Kier molecular flexibility index (Phi) is 6.80. The van der Waals surface area contributed by atoms with Gasteiger partial charge in [-0.25, -0.2) is 4.68 Å². The van der Waals surface area contributed by atoms with Crippen LogP contribution >= 0.6 is 0 Å². The number of aromatic nitrogens is 2. The van der Waals surface area contributed by atoms with E-state index in [-0.39, 0.29) is 12.5 Å². The highest BCUT2D eigenvalue weighted by Gasteiger charge is 2.17. The fourth-order valence-electron chi connectivity index (χ4n) is 3.12. The van der Waals surface area contributed by atoms with Gasteiger partial charge in [-0.2, -0.15) is 5.10 Å². The van der Waals surface area contributed by atoms with Crippen LogP contribution < -0.4 is 4.74 Å². The minimum absolute atomic E-state index is 0.0000926. The maximum atomic E-state index is 12.6. The van der Waals surface area contributed by atoms with Crippen LogP contribution in [0.3, 0.4) is 0 Å². The summed E-state index contributed by atoms with van der Waals surface area (Å²) in [6, 6.07) is 7.88. The number of aryl methyl sites for hydroxylation is 1. The van der Waals surface area contributed by atoms with Crippen molar-refractivity contribution in [1.29, 1.82) is 0 Å². The lowest BCUT2D eigenvalue weighted by atomic mass is 10.0. The second-order valence-corrected chi connectivity index (χ2v) is 6.89. The fourth-order valence-corrected chi connectivity index (χ4v) is 3.12. The number of ether oxygens (including phenoxy) is 1. The average Bonchev–Trinajstić information content (AvgIpc) is 2.88. The fraction of sp³-hybridized carbons (Fsp3) is 0.524. The molecule has 136 valence electrons. The Labute approximate surface area is 151 Å². The van der Waals surface area contributed by atoms with E-state index in [1.54, 1.807) is 0 Å². The van der Waals surface area contributed by atoms with Gasteiger partial charge in [-0.15, -0.1) is 0 Å². The molecule has 0 amide bonds. The number of para-hydroxylation sites is 1. The number of hydrogen-bond acceptors (Lipinski definition) is 3. The molecule has 1 aromatic heterocycles. The summed E-state index contributed by atoms with van der Waals surface area (Å²) >= 11 is 0. The molecule has 0 aliphatic carbocycles. The van der Waals surface area contributed by atoms with Gasteiger partial charge in [-0.1, -0.05) is 51.8 Å². The first-order valence-corrected chi connectivity index (χ1v) is 9.25. The van der Waals surface area contributed by atoms with Crippen molar-refractivity contribution < 1.29 is 9.53 Å². The predicted octanol–water partition coefficient (Wildman–Crippen LogP) is 5.08. The van der Waals surface area contributed by atoms with Crippen LogP contribution in [0.4, 0.5) is 0 Å². The van der Waals surface area contributed by atoms with Crippen LogP contribution in [0.2, 0.25) is 0 Å². The summed E-state index contributed by atoms with van der Waals surface area (Å²) in [5, 5.41) is 4.45. The number of hydrogen-bond donors (Lipinski definition) is 0. The summed E-state index contributed by atoms with van der Waals surface area (Å²) in [6.07, 6.45) is 4.51. The molecule has 0 unspecified atom stereocenters. The molecule has 4 heteroatoms. The standard InChI is InChI=1S/C21H30N2O2/c1-6-7-8-12-19-16(4)22-23(17(19)5)21(24)14-25-20-13-10-9-11-18(20)15(2)3/h9-11,13,15H,6-8,12,14H2,1-5H3. The van der Waals surface area contributed by atoms with E-state index in [2.05, 4.69) is 25.9 Å². The van der Waals surface area contributed by atoms with Crippen molar-refractivity contribution in [3.05, 3.63) is 46.8 Å². The maximum absolute atomic E-state index is 12.6. The van der Waals surface area contributed by atoms with Crippen molar-refractivity contribution >= 4 is 5.91 Å². The van der Waals surface area contributed by atoms with Crippen molar-refractivity contribution in [3.8, 4) is 5.75 Å². The molecule has 1 aromatic carbocycles. The Bertz CT molecular complexity index is 717. The summed E-state index contributed by atoms with van der Waals surface area (Å²) in [4.78, 5) is 12.6. The first-order valence-electron chi connectivity index (χ1n) is 9.25. The molecule has 25 heavy (non-hydrogen) atoms. The quantitative estimate of drug-likeness (QED) is 0.629. The Morgan fingerprint density at radius 1 is 1.20 bits per heavy atom. The van der Waals surface area contributed by atoms with Crippen LogP contribution in [0.15, 0.2) is 24.3 Å². The van der Waals surface area contributed by atoms with Gasteiger partial charge in [0, 0.05) is 5.69 Å².